The van der Waals surface area contributed by atoms with E-state index in [9.17, 15) is 4.39 Å². The third kappa shape index (κ3) is 6.73. The number of nitrogens with one attached hydrogen (secondary N) is 1. The number of tetrazole rings is 1. The van der Waals surface area contributed by atoms with Gasteiger partial charge in [0, 0.05) is 25.9 Å². The van der Waals surface area contributed by atoms with Crippen LogP contribution in [0, 0.1) is 5.82 Å². The second-order valence-electron chi connectivity index (χ2n) is 6.13. The van der Waals surface area contributed by atoms with Crippen molar-refractivity contribution in [2.45, 2.75) is 18.3 Å². The average Bonchev–Trinajstić information content (AvgIpc) is 3.12. The molecule has 0 unspecified atom stereocenters. The highest BCUT2D eigenvalue weighted by Crippen LogP contribution is 2.37. The van der Waals surface area contributed by atoms with Crippen molar-refractivity contribution < 1.29 is 13.9 Å². The fourth-order valence-electron chi connectivity index (χ4n) is 2.54. The molecule has 11 heteroatoms. The van der Waals surface area contributed by atoms with Crippen LogP contribution in [0.4, 0.5) is 4.39 Å². The van der Waals surface area contributed by atoms with Gasteiger partial charge in [0.2, 0.25) is 5.16 Å². The van der Waals surface area contributed by atoms with Crippen LogP contribution in [0.2, 0.25) is 5.02 Å². The van der Waals surface area contributed by atoms with Gasteiger partial charge in [-0.2, -0.15) is 0 Å². The highest BCUT2D eigenvalue weighted by Gasteiger charge is 2.12. The number of rotatable bonds is 10. The van der Waals surface area contributed by atoms with Gasteiger partial charge in [-0.05, 0) is 45.8 Å². The van der Waals surface area contributed by atoms with E-state index in [1.54, 1.807) is 35.7 Å². The third-order valence-electron chi connectivity index (χ3n) is 4.01. The van der Waals surface area contributed by atoms with Crippen molar-refractivity contribution in [3.05, 3.63) is 58.4 Å². The molecule has 0 radical (unpaired) electrons. The molecule has 1 heterocycles. The van der Waals surface area contributed by atoms with E-state index in [1.807, 2.05) is 19.2 Å². The predicted molar refractivity (Wildman–Crippen MR) is 117 cm³/mol. The molecule has 0 saturated heterocycles. The summed E-state index contributed by atoms with van der Waals surface area (Å²) in [6.07, 6.45) is 0. The van der Waals surface area contributed by atoms with Gasteiger partial charge < -0.3 is 14.8 Å². The molecule has 2 aromatic carbocycles. The lowest BCUT2D eigenvalue weighted by molar-refractivity contribution is 0.284. The first-order valence-corrected chi connectivity index (χ1v) is 10.2. The topological polar surface area (TPSA) is 74.1 Å². The molecule has 0 saturated carbocycles. The van der Waals surface area contributed by atoms with Gasteiger partial charge in [0.1, 0.15) is 12.4 Å². The molecular weight excluding hydrogens is 452 g/mol. The maximum atomic E-state index is 13.0. The fraction of sp³-hybridized carbons (Fsp3) is 0.316. The Morgan fingerprint density at radius 1 is 1.20 bits per heavy atom. The molecule has 30 heavy (non-hydrogen) atoms. The Balaban J connectivity index is 0.00000320. The lowest BCUT2D eigenvalue weighted by atomic mass is 10.2. The third-order valence-corrected chi connectivity index (χ3v) is 5.30. The number of hydrogen-bond acceptors (Lipinski definition) is 7. The SMILES string of the molecule is COc1cc(CNCCSc2nnnn2C)cc(Cl)c1OCc1ccc(F)cc1.Cl. The van der Waals surface area contributed by atoms with Crippen LogP contribution in [-0.4, -0.2) is 39.6 Å². The number of halogens is 3. The zero-order chi connectivity index (χ0) is 20.6. The Morgan fingerprint density at radius 3 is 2.63 bits per heavy atom. The van der Waals surface area contributed by atoms with Crippen molar-refractivity contribution in [2.75, 3.05) is 19.4 Å². The van der Waals surface area contributed by atoms with Crippen LogP contribution in [0.5, 0.6) is 11.5 Å². The molecule has 1 N–H and O–H groups in total. The van der Waals surface area contributed by atoms with Gasteiger partial charge in [-0.25, -0.2) is 9.07 Å². The fourth-order valence-corrected chi connectivity index (χ4v) is 3.58. The molecule has 0 fully saturated rings. The standard InChI is InChI=1S/C19H21ClFN5O2S.ClH/c1-26-19(23-24-25-26)29-8-7-22-11-14-9-16(20)18(17(10-14)27-2)28-12-13-3-5-15(21)6-4-13;/h3-6,9-10,22H,7-8,11-12H2,1-2H3;1H. The number of ether oxygens (including phenoxy) is 2. The first-order valence-electron chi connectivity index (χ1n) is 8.86. The predicted octanol–water partition coefficient (Wildman–Crippen LogP) is 3.89. The Kier molecular flexibility index (Phi) is 9.64. The summed E-state index contributed by atoms with van der Waals surface area (Å²) in [5.74, 6) is 1.56. The quantitative estimate of drug-likeness (QED) is 0.353. The second-order valence-corrected chi connectivity index (χ2v) is 7.60. The van der Waals surface area contributed by atoms with Gasteiger partial charge in [-0.1, -0.05) is 35.5 Å². The molecule has 0 aliphatic carbocycles. The Bertz CT molecular complexity index is 943. The minimum atomic E-state index is -0.284. The molecule has 162 valence electrons. The van der Waals surface area contributed by atoms with Crippen LogP contribution in [0.3, 0.4) is 0 Å². The maximum absolute atomic E-state index is 13.0. The Hall–Kier alpha value is -2.07. The zero-order valence-electron chi connectivity index (χ0n) is 16.5. The van der Waals surface area contributed by atoms with E-state index in [2.05, 4.69) is 20.8 Å². The lowest BCUT2D eigenvalue weighted by Gasteiger charge is -2.14. The minimum absolute atomic E-state index is 0. The number of aromatic nitrogens is 4. The molecule has 1 aromatic heterocycles. The van der Waals surface area contributed by atoms with Crippen molar-refractivity contribution in [2.24, 2.45) is 7.05 Å². The normalized spacial score (nSPS) is 10.5. The van der Waals surface area contributed by atoms with E-state index in [1.165, 1.54) is 12.1 Å². The highest BCUT2D eigenvalue weighted by atomic mass is 35.5. The summed E-state index contributed by atoms with van der Waals surface area (Å²) in [5.41, 5.74) is 1.82. The van der Waals surface area contributed by atoms with E-state index in [4.69, 9.17) is 21.1 Å². The molecule has 0 bridgehead atoms. The summed E-state index contributed by atoms with van der Waals surface area (Å²) in [7, 11) is 3.38. The summed E-state index contributed by atoms with van der Waals surface area (Å²) < 4.78 is 25.9. The first-order chi connectivity index (χ1) is 14.1. The van der Waals surface area contributed by atoms with Gasteiger partial charge in [-0.15, -0.1) is 17.5 Å². The van der Waals surface area contributed by atoms with Crippen LogP contribution in [0.15, 0.2) is 41.6 Å². The number of aryl methyl sites for hydroxylation is 1. The summed E-state index contributed by atoms with van der Waals surface area (Å²) >= 11 is 7.99. The van der Waals surface area contributed by atoms with E-state index in [0.29, 0.717) is 23.1 Å². The maximum Gasteiger partial charge on any atom is 0.209 e. The van der Waals surface area contributed by atoms with Crippen LogP contribution in [0.25, 0.3) is 0 Å². The summed E-state index contributed by atoms with van der Waals surface area (Å²) in [4.78, 5) is 0. The van der Waals surface area contributed by atoms with Crippen molar-refractivity contribution in [3.63, 3.8) is 0 Å². The first kappa shape index (κ1) is 24.2. The number of benzene rings is 2. The van der Waals surface area contributed by atoms with Gasteiger partial charge in [0.25, 0.3) is 0 Å². The monoisotopic (exact) mass is 473 g/mol. The molecule has 3 rings (SSSR count). The molecule has 0 spiro atoms. The van der Waals surface area contributed by atoms with Crippen molar-refractivity contribution in [1.82, 2.24) is 25.5 Å². The zero-order valence-corrected chi connectivity index (χ0v) is 18.9. The van der Waals surface area contributed by atoms with Crippen LogP contribution >= 0.6 is 35.8 Å². The lowest BCUT2D eigenvalue weighted by Crippen LogP contribution is -2.17. The minimum Gasteiger partial charge on any atom is -0.493 e. The summed E-state index contributed by atoms with van der Waals surface area (Å²) in [6.45, 7) is 1.67. The van der Waals surface area contributed by atoms with Crippen LogP contribution in [-0.2, 0) is 20.2 Å². The average molecular weight is 474 g/mol. The molecule has 0 aliphatic rings. The van der Waals surface area contributed by atoms with Gasteiger partial charge in [0.05, 0.1) is 12.1 Å². The van der Waals surface area contributed by atoms with Gasteiger partial charge >= 0.3 is 0 Å². The summed E-state index contributed by atoms with van der Waals surface area (Å²) in [5, 5.41) is 15.9. The van der Waals surface area contributed by atoms with Crippen LogP contribution in [0.1, 0.15) is 11.1 Å². The van der Waals surface area contributed by atoms with E-state index >= 15 is 0 Å². The Morgan fingerprint density at radius 2 is 1.97 bits per heavy atom. The molecule has 0 aliphatic heterocycles. The van der Waals surface area contributed by atoms with Crippen molar-refractivity contribution in [1.29, 1.82) is 0 Å². The number of methoxy groups -OCH3 is 1. The van der Waals surface area contributed by atoms with Crippen LogP contribution < -0.4 is 14.8 Å². The molecule has 7 nitrogen and oxygen atoms in total. The second kappa shape index (κ2) is 11.9. The summed E-state index contributed by atoms with van der Waals surface area (Å²) in [6, 6.07) is 9.86. The number of nitrogens with zero attached hydrogens (tertiary/aromatic N) is 4. The molecule has 0 atom stereocenters. The highest BCUT2D eigenvalue weighted by molar-refractivity contribution is 7.99. The number of hydrogen-bond donors (Lipinski definition) is 1. The van der Waals surface area contributed by atoms with Crippen molar-refractivity contribution >= 4 is 35.8 Å². The molecule has 3 aromatic rings. The Labute approximate surface area is 189 Å². The largest absolute Gasteiger partial charge is 0.493 e. The number of thioether (sulfide) groups is 1. The molecule has 0 amide bonds. The smallest absolute Gasteiger partial charge is 0.209 e. The van der Waals surface area contributed by atoms with Crippen molar-refractivity contribution in [3.8, 4) is 11.5 Å². The van der Waals surface area contributed by atoms with Gasteiger partial charge in [0.15, 0.2) is 11.5 Å². The van der Waals surface area contributed by atoms with E-state index in [0.717, 1.165) is 28.6 Å². The molecular formula is C19H22Cl2FN5O2S. The van der Waals surface area contributed by atoms with Gasteiger partial charge in [-0.3, -0.25) is 0 Å². The van der Waals surface area contributed by atoms with E-state index in [-0.39, 0.29) is 24.8 Å². The van der Waals surface area contributed by atoms with E-state index < -0.39 is 0 Å².